The molecule has 2 N–H and O–H groups in total. The molecule has 1 fully saturated rings. The van der Waals surface area contributed by atoms with Crippen LogP contribution in [0, 0.1) is 0 Å². The van der Waals surface area contributed by atoms with Crippen molar-refractivity contribution in [3.05, 3.63) is 60.6 Å². The maximum Gasteiger partial charge on any atom is 0.410 e. The Morgan fingerprint density at radius 1 is 1.00 bits per heavy atom. The summed E-state index contributed by atoms with van der Waals surface area (Å²) in [5.74, 6) is 3.28. The van der Waals surface area contributed by atoms with Gasteiger partial charge in [-0.05, 0) is 77.8 Å². The molecule has 4 aromatic heterocycles. The number of aromatic nitrogens is 7. The molecule has 0 bridgehead atoms. The van der Waals surface area contributed by atoms with E-state index >= 15 is 0 Å². The number of carbonyl (C=O) groups excluding carboxylic acids is 1. The minimum absolute atomic E-state index is 0.164. The SMILES string of the molecule is COc1ccc(CNc2ncc(-c3cnn(C4CCN(C(=O)OC(C)(C)C)CC4)c3)cc2-c2nnc3ccc(NC(C)C)nn23)c(OC)c1. The number of piperidine rings is 1. The highest BCUT2D eigenvalue weighted by Gasteiger charge is 2.28. The first-order chi connectivity index (χ1) is 23.5. The summed E-state index contributed by atoms with van der Waals surface area (Å²) in [6.07, 6.45) is 7.01. The molecule has 1 saturated heterocycles. The smallest absolute Gasteiger partial charge is 0.410 e. The Morgan fingerprint density at radius 2 is 1.80 bits per heavy atom. The number of nitrogens with zero attached hydrogens (tertiary/aromatic N) is 8. The molecule has 5 heterocycles. The fourth-order valence-corrected chi connectivity index (χ4v) is 5.77. The Hall–Kier alpha value is -5.40. The molecule has 14 nitrogen and oxygen atoms in total. The standard InChI is InChI=1S/C35H44N10O4/c1-22(2)39-30-10-11-31-40-41-33(45(31)42-30)28-16-24(19-37-32(28)36-18-23-8-9-27(47-6)17-29(23)48-7)25-20-38-44(21-25)26-12-14-43(15-13-26)34(46)49-35(3,4)5/h8-11,16-17,19-22,26H,12-15,18H2,1-7H3,(H,36,37)(H,39,42). The van der Waals surface area contributed by atoms with Gasteiger partial charge in [-0.2, -0.15) is 9.61 Å². The number of benzene rings is 1. The third kappa shape index (κ3) is 7.68. The molecule has 0 unspecified atom stereocenters. The quantitative estimate of drug-likeness (QED) is 0.179. The summed E-state index contributed by atoms with van der Waals surface area (Å²) < 4.78 is 20.3. The van der Waals surface area contributed by atoms with Crippen molar-refractivity contribution in [1.82, 2.24) is 39.5 Å². The second kappa shape index (κ2) is 14.0. The number of hydrogen-bond donors (Lipinski definition) is 2. The number of rotatable bonds is 10. The first-order valence-corrected chi connectivity index (χ1v) is 16.5. The van der Waals surface area contributed by atoms with Crippen LogP contribution in [0.5, 0.6) is 11.5 Å². The monoisotopic (exact) mass is 668 g/mol. The number of amides is 1. The van der Waals surface area contributed by atoms with Crippen molar-refractivity contribution in [2.45, 2.75) is 71.7 Å². The van der Waals surface area contributed by atoms with E-state index < -0.39 is 5.60 Å². The van der Waals surface area contributed by atoms with Crippen LogP contribution in [0.3, 0.4) is 0 Å². The number of ether oxygens (including phenoxy) is 3. The number of carbonyl (C=O) groups is 1. The summed E-state index contributed by atoms with van der Waals surface area (Å²) in [5, 5.41) is 25.3. The number of methoxy groups -OCH3 is 2. The highest BCUT2D eigenvalue weighted by molar-refractivity contribution is 5.78. The van der Waals surface area contributed by atoms with E-state index in [1.807, 2.05) is 80.4 Å². The zero-order chi connectivity index (χ0) is 34.7. The number of likely N-dealkylation sites (tertiary alicyclic amines) is 1. The van der Waals surface area contributed by atoms with Crippen LogP contribution in [0.2, 0.25) is 0 Å². The molecule has 258 valence electrons. The van der Waals surface area contributed by atoms with E-state index in [0.717, 1.165) is 35.1 Å². The Labute approximate surface area is 285 Å². The Morgan fingerprint density at radius 3 is 2.51 bits per heavy atom. The number of hydrogen-bond acceptors (Lipinski definition) is 11. The average Bonchev–Trinajstić information content (AvgIpc) is 3.74. The fourth-order valence-electron chi connectivity index (χ4n) is 5.77. The second-order valence-electron chi connectivity index (χ2n) is 13.4. The number of pyridine rings is 1. The Bertz CT molecular complexity index is 1920. The Kier molecular flexibility index (Phi) is 9.56. The largest absolute Gasteiger partial charge is 0.497 e. The van der Waals surface area contributed by atoms with Gasteiger partial charge in [-0.25, -0.2) is 9.78 Å². The van der Waals surface area contributed by atoms with E-state index in [9.17, 15) is 4.79 Å². The van der Waals surface area contributed by atoms with Crippen molar-refractivity contribution in [1.29, 1.82) is 0 Å². The normalized spacial score (nSPS) is 13.9. The molecule has 0 atom stereocenters. The zero-order valence-corrected chi connectivity index (χ0v) is 29.1. The van der Waals surface area contributed by atoms with Crippen LogP contribution in [-0.4, -0.2) is 84.5 Å². The van der Waals surface area contributed by atoms with E-state index in [2.05, 4.69) is 34.7 Å². The summed E-state index contributed by atoms with van der Waals surface area (Å²) in [5.41, 5.74) is 3.54. The van der Waals surface area contributed by atoms with Gasteiger partial charge in [0.1, 0.15) is 28.7 Å². The molecular formula is C35H44N10O4. The molecule has 0 saturated carbocycles. The minimum atomic E-state index is -0.520. The molecule has 6 rings (SSSR count). The second-order valence-corrected chi connectivity index (χ2v) is 13.4. The lowest BCUT2D eigenvalue weighted by atomic mass is 10.1. The van der Waals surface area contributed by atoms with Crippen LogP contribution in [0.1, 0.15) is 59.1 Å². The molecule has 5 aromatic rings. The molecule has 1 amide bonds. The van der Waals surface area contributed by atoms with E-state index in [-0.39, 0.29) is 18.2 Å². The summed E-state index contributed by atoms with van der Waals surface area (Å²) in [4.78, 5) is 19.2. The number of fused-ring (bicyclic) bond motifs is 1. The highest BCUT2D eigenvalue weighted by Crippen LogP contribution is 2.33. The topological polar surface area (TPSA) is 146 Å². The first-order valence-electron chi connectivity index (χ1n) is 16.5. The molecule has 1 aliphatic heterocycles. The van der Waals surface area contributed by atoms with Crippen LogP contribution in [0.25, 0.3) is 28.2 Å². The highest BCUT2D eigenvalue weighted by atomic mass is 16.6. The number of nitrogens with one attached hydrogen (secondary N) is 2. The summed E-state index contributed by atoms with van der Waals surface area (Å²) >= 11 is 0. The van der Waals surface area contributed by atoms with Gasteiger partial charge >= 0.3 is 6.09 Å². The summed E-state index contributed by atoms with van der Waals surface area (Å²) in [7, 11) is 3.26. The van der Waals surface area contributed by atoms with E-state index in [1.165, 1.54) is 0 Å². The van der Waals surface area contributed by atoms with Crippen molar-refractivity contribution in [2.75, 3.05) is 37.9 Å². The summed E-state index contributed by atoms with van der Waals surface area (Å²) in [6.45, 7) is 11.4. The lowest BCUT2D eigenvalue weighted by Crippen LogP contribution is -2.42. The van der Waals surface area contributed by atoms with E-state index in [1.54, 1.807) is 23.6 Å². The van der Waals surface area contributed by atoms with Gasteiger partial charge in [0.2, 0.25) is 0 Å². The molecule has 1 aliphatic rings. The van der Waals surface area contributed by atoms with Gasteiger partial charge < -0.3 is 29.7 Å². The van der Waals surface area contributed by atoms with Crippen LogP contribution >= 0.6 is 0 Å². The number of anilines is 2. The van der Waals surface area contributed by atoms with E-state index in [0.29, 0.717) is 54.2 Å². The molecule has 0 radical (unpaired) electrons. The predicted octanol–water partition coefficient (Wildman–Crippen LogP) is 6.07. The van der Waals surface area contributed by atoms with Crippen LogP contribution in [-0.2, 0) is 11.3 Å². The van der Waals surface area contributed by atoms with Gasteiger partial charge in [-0.1, -0.05) is 0 Å². The van der Waals surface area contributed by atoms with Crippen molar-refractivity contribution >= 4 is 23.4 Å². The third-order valence-electron chi connectivity index (χ3n) is 8.19. The van der Waals surface area contributed by atoms with Crippen LogP contribution in [0.15, 0.2) is 55.0 Å². The predicted molar refractivity (Wildman–Crippen MR) is 187 cm³/mol. The van der Waals surface area contributed by atoms with Crippen molar-refractivity contribution in [3.63, 3.8) is 0 Å². The van der Waals surface area contributed by atoms with Gasteiger partial charge in [0.15, 0.2) is 11.5 Å². The fraction of sp³-hybridized carbons (Fsp3) is 0.429. The third-order valence-corrected chi connectivity index (χ3v) is 8.19. The molecule has 49 heavy (non-hydrogen) atoms. The van der Waals surface area contributed by atoms with Gasteiger partial charge in [0.05, 0.1) is 32.0 Å². The average molecular weight is 669 g/mol. The van der Waals surface area contributed by atoms with Crippen LogP contribution < -0.4 is 20.1 Å². The molecule has 14 heteroatoms. The van der Waals surface area contributed by atoms with Gasteiger partial charge in [0.25, 0.3) is 0 Å². The molecule has 0 spiro atoms. The minimum Gasteiger partial charge on any atom is -0.497 e. The lowest BCUT2D eigenvalue weighted by molar-refractivity contribution is 0.0184. The molecular weight excluding hydrogens is 624 g/mol. The summed E-state index contributed by atoms with van der Waals surface area (Å²) in [6, 6.07) is 11.9. The zero-order valence-electron chi connectivity index (χ0n) is 29.1. The lowest BCUT2D eigenvalue weighted by Gasteiger charge is -2.33. The Balaban J connectivity index is 1.29. The van der Waals surface area contributed by atoms with Gasteiger partial charge in [-0.15, -0.1) is 15.3 Å². The van der Waals surface area contributed by atoms with Crippen molar-refractivity contribution in [2.24, 2.45) is 0 Å². The maximum atomic E-state index is 12.6. The van der Waals surface area contributed by atoms with E-state index in [4.69, 9.17) is 29.4 Å². The van der Waals surface area contributed by atoms with Crippen molar-refractivity contribution < 1.29 is 19.0 Å². The molecule has 0 aliphatic carbocycles. The van der Waals surface area contributed by atoms with Crippen LogP contribution in [0.4, 0.5) is 16.4 Å². The van der Waals surface area contributed by atoms with Gasteiger partial charge in [-0.3, -0.25) is 4.68 Å². The molecule has 1 aromatic carbocycles. The first kappa shape index (κ1) is 33.5. The van der Waals surface area contributed by atoms with Crippen molar-refractivity contribution in [3.8, 4) is 34.0 Å². The maximum absolute atomic E-state index is 12.6. The van der Waals surface area contributed by atoms with Gasteiger partial charge in [0, 0.05) is 60.8 Å².